The Hall–Kier alpha value is 0.740. The topological polar surface area (TPSA) is 0 Å². The van der Waals surface area contributed by atoms with Crippen LogP contribution in [0.15, 0.2) is 24.3 Å². The minimum Gasteiger partial charge on any atom is -1.00 e. The van der Waals surface area contributed by atoms with Crippen LogP contribution in [0, 0.1) is 6.92 Å². The van der Waals surface area contributed by atoms with Crippen LogP contribution in [0.3, 0.4) is 0 Å². The molecule has 0 radical (unpaired) electrons. The van der Waals surface area contributed by atoms with Crippen LogP contribution in [0.1, 0.15) is 5.56 Å². The van der Waals surface area contributed by atoms with Gasteiger partial charge in [-0.25, -0.2) is 0 Å². The first kappa shape index (κ1) is 11.7. The van der Waals surface area contributed by atoms with Gasteiger partial charge in [0.2, 0.25) is 0 Å². The van der Waals surface area contributed by atoms with Crippen molar-refractivity contribution in [2.24, 2.45) is 0 Å². The minimum absolute atomic E-state index is 0. The van der Waals surface area contributed by atoms with E-state index in [0.717, 1.165) is 0 Å². The summed E-state index contributed by atoms with van der Waals surface area (Å²) in [5.74, 6) is 0. The normalized spacial score (nSPS) is 9.45. The molecule has 0 aliphatic heterocycles. The average Bonchev–Trinajstić information content (AvgIpc) is 1.88. The van der Waals surface area contributed by atoms with Gasteiger partial charge in [0.25, 0.3) is 0 Å². The summed E-state index contributed by atoms with van der Waals surface area (Å²) in [6.07, 6.45) is 0. The van der Waals surface area contributed by atoms with E-state index < -0.39 is 19.6 Å². The van der Waals surface area contributed by atoms with Crippen molar-refractivity contribution in [2.75, 3.05) is 0 Å². The Morgan fingerprint density at radius 1 is 1.09 bits per heavy atom. The number of aryl methyl sites for hydroxylation is 1. The Bertz CT molecular complexity index is 221. The number of hydrogen-bond donors (Lipinski definition) is 0. The molecule has 0 saturated heterocycles. The van der Waals surface area contributed by atoms with Gasteiger partial charge in [-0.15, -0.1) is 0 Å². The zero-order valence-corrected chi connectivity index (χ0v) is 11.6. The van der Waals surface area contributed by atoms with Crippen molar-refractivity contribution < 1.29 is 24.0 Å². The molecule has 1 rings (SSSR count). The molecule has 2 heteroatoms. The van der Waals surface area contributed by atoms with Gasteiger partial charge in [0, 0.05) is 0 Å². The van der Waals surface area contributed by atoms with Crippen molar-refractivity contribution in [1.82, 2.24) is 0 Å². The second kappa shape index (κ2) is 5.40. The van der Waals surface area contributed by atoms with E-state index in [1.165, 1.54) is 5.56 Å². The quantitative estimate of drug-likeness (QED) is 0.435. The van der Waals surface area contributed by atoms with E-state index >= 15 is 0 Å². The Labute approximate surface area is 93.1 Å². The van der Waals surface area contributed by atoms with Gasteiger partial charge in [0.15, 0.2) is 0 Å². The molecule has 0 bridgehead atoms. The van der Waals surface area contributed by atoms with Crippen LogP contribution < -0.4 is 27.6 Å². The molecule has 62 valence electrons. The summed E-state index contributed by atoms with van der Waals surface area (Å²) in [5, 5.41) is 0. The Morgan fingerprint density at radius 2 is 1.64 bits per heavy atom. The van der Waals surface area contributed by atoms with E-state index in [1.807, 2.05) is 0 Å². The Balaban J connectivity index is 0.000001000. The molecule has 0 aliphatic rings. The summed E-state index contributed by atoms with van der Waals surface area (Å²) in [4.78, 5) is 4.79. The van der Waals surface area contributed by atoms with Crippen molar-refractivity contribution in [1.29, 1.82) is 0 Å². The molecule has 0 saturated carbocycles. The molecular weight excluding hydrogens is 363 g/mol. The van der Waals surface area contributed by atoms with Gasteiger partial charge in [-0.05, 0) is 0 Å². The van der Waals surface area contributed by atoms with Gasteiger partial charge in [0.1, 0.15) is 0 Å². The molecule has 0 nitrogen and oxygen atoms in total. The average molecular weight is 376 g/mol. The first-order valence-electron chi connectivity index (χ1n) is 3.35. The van der Waals surface area contributed by atoms with Crippen LogP contribution in [-0.4, -0.2) is 19.6 Å². The smallest absolute Gasteiger partial charge is 1.00 e. The van der Waals surface area contributed by atoms with Crippen molar-refractivity contribution in [3.05, 3.63) is 29.8 Å². The SMILES string of the molecule is Cc1ccccc1[Te+](C)C.[I-]. The maximum Gasteiger partial charge on any atom is -1.00 e. The molecular formula is C9H13ITe. The zero-order valence-electron chi connectivity index (χ0n) is 7.10. The summed E-state index contributed by atoms with van der Waals surface area (Å²) in [7, 11) is 0. The van der Waals surface area contributed by atoms with Crippen LogP contribution in [0.25, 0.3) is 0 Å². The molecule has 0 heterocycles. The van der Waals surface area contributed by atoms with E-state index in [1.54, 1.807) is 3.61 Å². The maximum absolute atomic E-state index is 2.39. The second-order valence-corrected chi connectivity index (χ2v) is 8.50. The molecule has 0 N–H and O–H groups in total. The number of benzene rings is 1. The monoisotopic (exact) mass is 378 g/mol. The predicted molar refractivity (Wildman–Crippen MR) is 48.3 cm³/mol. The fourth-order valence-corrected chi connectivity index (χ4v) is 4.05. The Kier molecular flexibility index (Phi) is 5.76. The van der Waals surface area contributed by atoms with Crippen LogP contribution >= 0.6 is 0 Å². The van der Waals surface area contributed by atoms with E-state index in [4.69, 9.17) is 0 Å². The first-order chi connectivity index (χ1) is 4.72. The third-order valence-electron chi connectivity index (χ3n) is 1.53. The van der Waals surface area contributed by atoms with E-state index in [2.05, 4.69) is 41.1 Å². The van der Waals surface area contributed by atoms with E-state index in [-0.39, 0.29) is 24.0 Å². The number of hydrogen-bond acceptors (Lipinski definition) is 0. The third-order valence-corrected chi connectivity index (χ3v) is 5.35. The van der Waals surface area contributed by atoms with E-state index in [9.17, 15) is 0 Å². The molecule has 0 aromatic heterocycles. The molecule has 0 fully saturated rings. The van der Waals surface area contributed by atoms with Crippen molar-refractivity contribution in [3.63, 3.8) is 0 Å². The summed E-state index contributed by atoms with van der Waals surface area (Å²) < 4.78 is 1.63. The van der Waals surface area contributed by atoms with Crippen molar-refractivity contribution >= 4 is 23.2 Å². The van der Waals surface area contributed by atoms with Gasteiger partial charge < -0.3 is 24.0 Å². The summed E-state index contributed by atoms with van der Waals surface area (Å²) >= 11 is -0.842. The molecule has 0 aliphatic carbocycles. The standard InChI is InChI=1S/C9H13Te.HI/c1-8-6-4-5-7-9(8)10(2)3;/h4-7H,1-3H3;1H/q+1;/p-1. The van der Waals surface area contributed by atoms with Gasteiger partial charge >= 0.3 is 69.9 Å². The fourth-order valence-electron chi connectivity index (χ4n) is 1.01. The van der Waals surface area contributed by atoms with Crippen LogP contribution in [0.2, 0.25) is 9.94 Å². The zero-order chi connectivity index (χ0) is 7.56. The molecule has 1 aromatic carbocycles. The van der Waals surface area contributed by atoms with Gasteiger partial charge in [-0.3, -0.25) is 0 Å². The van der Waals surface area contributed by atoms with Crippen molar-refractivity contribution in [3.8, 4) is 0 Å². The van der Waals surface area contributed by atoms with Crippen LogP contribution in [0.4, 0.5) is 0 Å². The van der Waals surface area contributed by atoms with Crippen molar-refractivity contribution in [2.45, 2.75) is 16.9 Å². The summed E-state index contributed by atoms with van der Waals surface area (Å²) in [5.41, 5.74) is 1.48. The van der Waals surface area contributed by atoms with E-state index in [0.29, 0.717) is 0 Å². The molecule has 0 unspecified atom stereocenters. The largest absolute Gasteiger partial charge is 1.00 e. The molecule has 0 amide bonds. The second-order valence-electron chi connectivity index (χ2n) is 2.58. The summed E-state index contributed by atoms with van der Waals surface area (Å²) in [6, 6.07) is 8.73. The minimum atomic E-state index is -0.842. The molecule has 11 heavy (non-hydrogen) atoms. The number of halogens is 1. The fraction of sp³-hybridized carbons (Fsp3) is 0.333. The number of rotatable bonds is 1. The molecule has 1 aromatic rings. The Morgan fingerprint density at radius 3 is 2.00 bits per heavy atom. The van der Waals surface area contributed by atoms with Gasteiger partial charge in [0.05, 0.1) is 0 Å². The van der Waals surface area contributed by atoms with Crippen LogP contribution in [-0.2, 0) is 0 Å². The first-order valence-corrected chi connectivity index (χ1v) is 9.17. The molecule has 0 spiro atoms. The van der Waals surface area contributed by atoms with Crippen LogP contribution in [0.5, 0.6) is 0 Å². The van der Waals surface area contributed by atoms with Gasteiger partial charge in [-0.1, -0.05) is 0 Å². The van der Waals surface area contributed by atoms with Gasteiger partial charge in [-0.2, -0.15) is 0 Å². The third kappa shape index (κ3) is 3.31. The summed E-state index contributed by atoms with van der Waals surface area (Å²) in [6.45, 7) is 2.20. The molecule has 0 atom stereocenters. The maximum atomic E-state index is 2.39. The predicted octanol–water partition coefficient (Wildman–Crippen LogP) is -1.04.